The van der Waals surface area contributed by atoms with E-state index in [1.807, 2.05) is 0 Å². The van der Waals surface area contributed by atoms with Crippen LogP contribution in [0.5, 0.6) is 0 Å². The molecule has 1 aliphatic rings. The van der Waals surface area contributed by atoms with Crippen LogP contribution in [0.1, 0.15) is 12.8 Å². The minimum atomic E-state index is -0.0247. The maximum Gasteiger partial charge on any atom is 0.243 e. The summed E-state index contributed by atoms with van der Waals surface area (Å²) in [7, 11) is 0. The molecule has 4 heteroatoms. The Bertz CT molecular complexity index is 156. The number of hydrogen-bond acceptors (Lipinski definition) is 3. The van der Waals surface area contributed by atoms with Gasteiger partial charge in [0.2, 0.25) is 5.91 Å². The normalized spacial score (nSPS) is 18.1. The van der Waals surface area contributed by atoms with Crippen LogP contribution in [-0.2, 0) is 4.79 Å². The number of aliphatic hydroxyl groups excluding tert-OH is 1. The molecular weight excluding hydrogens is 132 g/mol. The number of amides is 1. The second-order valence-electron chi connectivity index (χ2n) is 2.08. The third-order valence-electron chi connectivity index (χ3n) is 1.31. The second kappa shape index (κ2) is 3.31. The molecule has 1 rings (SSSR count). The Balaban J connectivity index is 2.47. The Kier molecular flexibility index (Phi) is 2.39. The van der Waals surface area contributed by atoms with E-state index in [1.165, 1.54) is 5.01 Å². The molecule has 0 aromatic rings. The standard InChI is InChI=1S/C6H10N2O2/c9-5-4-8-6(10)2-1-3-7-8/h3,9H,1-2,4-5H2. The van der Waals surface area contributed by atoms with Crippen LogP contribution >= 0.6 is 0 Å². The van der Waals surface area contributed by atoms with E-state index < -0.39 is 0 Å². The number of carbonyl (C=O) groups is 1. The number of aliphatic hydroxyl groups is 1. The number of rotatable bonds is 2. The van der Waals surface area contributed by atoms with Crippen molar-refractivity contribution in [1.82, 2.24) is 5.01 Å². The van der Waals surface area contributed by atoms with Gasteiger partial charge in [0.15, 0.2) is 0 Å². The van der Waals surface area contributed by atoms with Crippen molar-refractivity contribution >= 4 is 12.1 Å². The average Bonchev–Trinajstić information content (AvgIpc) is 1.94. The summed E-state index contributed by atoms with van der Waals surface area (Å²) in [5.74, 6) is -0.00319. The van der Waals surface area contributed by atoms with Crippen molar-refractivity contribution in [2.75, 3.05) is 13.2 Å². The van der Waals surface area contributed by atoms with E-state index in [-0.39, 0.29) is 12.5 Å². The summed E-state index contributed by atoms with van der Waals surface area (Å²) in [6.45, 7) is 0.290. The lowest BCUT2D eigenvalue weighted by molar-refractivity contribution is -0.132. The summed E-state index contributed by atoms with van der Waals surface area (Å²) >= 11 is 0. The van der Waals surface area contributed by atoms with Gasteiger partial charge in [0.25, 0.3) is 0 Å². The molecule has 0 saturated carbocycles. The first-order chi connectivity index (χ1) is 4.84. The number of carbonyl (C=O) groups excluding carboxylic acids is 1. The minimum Gasteiger partial charge on any atom is -0.394 e. The number of nitrogens with zero attached hydrogens (tertiary/aromatic N) is 2. The lowest BCUT2D eigenvalue weighted by Gasteiger charge is -2.18. The van der Waals surface area contributed by atoms with E-state index in [0.717, 1.165) is 6.42 Å². The average molecular weight is 142 g/mol. The molecule has 0 fully saturated rings. The van der Waals surface area contributed by atoms with Gasteiger partial charge in [0, 0.05) is 12.6 Å². The summed E-state index contributed by atoms with van der Waals surface area (Å²) in [4.78, 5) is 10.9. The molecule has 0 aromatic heterocycles. The summed E-state index contributed by atoms with van der Waals surface area (Å²) in [5, 5.41) is 13.6. The highest BCUT2D eigenvalue weighted by molar-refractivity contribution is 5.82. The first-order valence-electron chi connectivity index (χ1n) is 3.28. The van der Waals surface area contributed by atoms with Gasteiger partial charge in [-0.2, -0.15) is 5.10 Å². The highest BCUT2D eigenvalue weighted by Crippen LogP contribution is 2.02. The minimum absolute atomic E-state index is 0.00319. The summed E-state index contributed by atoms with van der Waals surface area (Å²) in [6.07, 6.45) is 2.93. The van der Waals surface area contributed by atoms with Gasteiger partial charge >= 0.3 is 0 Å². The molecule has 4 nitrogen and oxygen atoms in total. The van der Waals surface area contributed by atoms with Crippen molar-refractivity contribution in [2.24, 2.45) is 5.10 Å². The lowest BCUT2D eigenvalue weighted by Crippen LogP contribution is -2.31. The summed E-state index contributed by atoms with van der Waals surface area (Å²) in [5.41, 5.74) is 0. The van der Waals surface area contributed by atoms with Crippen LogP contribution in [0.25, 0.3) is 0 Å². The summed E-state index contributed by atoms with van der Waals surface area (Å²) < 4.78 is 0. The van der Waals surface area contributed by atoms with Gasteiger partial charge in [-0.15, -0.1) is 0 Å². The third-order valence-corrected chi connectivity index (χ3v) is 1.31. The van der Waals surface area contributed by atoms with Crippen LogP contribution in [0.2, 0.25) is 0 Å². The zero-order valence-electron chi connectivity index (χ0n) is 5.66. The number of β-amino-alcohol motifs (C(OH)–C–C–N with tert-alkyl or cyclic N) is 1. The van der Waals surface area contributed by atoms with Crippen molar-refractivity contribution in [3.63, 3.8) is 0 Å². The molecule has 0 saturated heterocycles. The van der Waals surface area contributed by atoms with E-state index in [2.05, 4.69) is 5.10 Å². The van der Waals surface area contributed by atoms with Crippen LogP contribution in [-0.4, -0.2) is 35.4 Å². The second-order valence-corrected chi connectivity index (χ2v) is 2.08. The molecule has 0 spiro atoms. The van der Waals surface area contributed by atoms with E-state index in [4.69, 9.17) is 5.11 Å². The quantitative estimate of drug-likeness (QED) is 0.569. The van der Waals surface area contributed by atoms with E-state index >= 15 is 0 Å². The van der Waals surface area contributed by atoms with Gasteiger partial charge in [0.1, 0.15) is 0 Å². The zero-order chi connectivity index (χ0) is 7.40. The van der Waals surface area contributed by atoms with Crippen molar-refractivity contribution in [2.45, 2.75) is 12.8 Å². The topological polar surface area (TPSA) is 52.9 Å². The molecule has 0 aromatic carbocycles. The van der Waals surface area contributed by atoms with Gasteiger partial charge < -0.3 is 5.11 Å². The molecule has 0 unspecified atom stereocenters. The number of hydrogen-bond donors (Lipinski definition) is 1. The maximum atomic E-state index is 10.9. The van der Waals surface area contributed by atoms with Crippen molar-refractivity contribution in [1.29, 1.82) is 0 Å². The van der Waals surface area contributed by atoms with E-state index in [1.54, 1.807) is 6.21 Å². The Labute approximate surface area is 59.1 Å². The molecule has 1 aliphatic heterocycles. The smallest absolute Gasteiger partial charge is 0.243 e. The largest absolute Gasteiger partial charge is 0.394 e. The Morgan fingerprint density at radius 1 is 1.80 bits per heavy atom. The Morgan fingerprint density at radius 2 is 2.60 bits per heavy atom. The van der Waals surface area contributed by atoms with Gasteiger partial charge in [-0.3, -0.25) is 4.79 Å². The molecule has 0 aliphatic carbocycles. The van der Waals surface area contributed by atoms with E-state index in [9.17, 15) is 4.79 Å². The van der Waals surface area contributed by atoms with Crippen LogP contribution in [0.4, 0.5) is 0 Å². The van der Waals surface area contributed by atoms with Crippen molar-refractivity contribution in [3.8, 4) is 0 Å². The number of hydrazone groups is 1. The van der Waals surface area contributed by atoms with E-state index in [0.29, 0.717) is 13.0 Å². The monoisotopic (exact) mass is 142 g/mol. The van der Waals surface area contributed by atoms with Crippen LogP contribution in [0.15, 0.2) is 5.10 Å². The van der Waals surface area contributed by atoms with Gasteiger partial charge in [-0.1, -0.05) is 0 Å². The Hall–Kier alpha value is -0.900. The zero-order valence-corrected chi connectivity index (χ0v) is 5.66. The van der Waals surface area contributed by atoms with Gasteiger partial charge in [-0.25, -0.2) is 5.01 Å². The van der Waals surface area contributed by atoms with Gasteiger partial charge in [-0.05, 0) is 6.42 Å². The molecular formula is C6H10N2O2. The highest BCUT2D eigenvalue weighted by Gasteiger charge is 2.13. The molecule has 56 valence electrons. The fourth-order valence-electron chi connectivity index (χ4n) is 0.815. The van der Waals surface area contributed by atoms with Crippen molar-refractivity contribution < 1.29 is 9.90 Å². The van der Waals surface area contributed by atoms with Crippen LogP contribution in [0, 0.1) is 0 Å². The first-order valence-corrected chi connectivity index (χ1v) is 3.28. The molecule has 1 amide bonds. The molecule has 1 heterocycles. The SMILES string of the molecule is O=C1CCC=NN1CCO. The van der Waals surface area contributed by atoms with Gasteiger partial charge in [0.05, 0.1) is 13.2 Å². The van der Waals surface area contributed by atoms with Crippen molar-refractivity contribution in [3.05, 3.63) is 0 Å². The van der Waals surface area contributed by atoms with Crippen LogP contribution in [0.3, 0.4) is 0 Å². The first kappa shape index (κ1) is 7.21. The molecule has 0 bridgehead atoms. The van der Waals surface area contributed by atoms with Crippen LogP contribution < -0.4 is 0 Å². The third kappa shape index (κ3) is 1.54. The predicted octanol–water partition coefficient (Wildman–Crippen LogP) is -0.413. The Morgan fingerprint density at radius 3 is 3.20 bits per heavy atom. The maximum absolute atomic E-state index is 10.9. The molecule has 0 atom stereocenters. The fourth-order valence-corrected chi connectivity index (χ4v) is 0.815. The fraction of sp³-hybridized carbons (Fsp3) is 0.667. The predicted molar refractivity (Wildman–Crippen MR) is 36.5 cm³/mol. The molecule has 0 radical (unpaired) electrons. The molecule has 1 N–H and O–H groups in total. The highest BCUT2D eigenvalue weighted by atomic mass is 16.3. The lowest BCUT2D eigenvalue weighted by atomic mass is 10.3. The summed E-state index contributed by atoms with van der Waals surface area (Å²) in [6, 6.07) is 0. The molecule has 10 heavy (non-hydrogen) atoms.